The molecule has 0 aliphatic carbocycles. The Kier molecular flexibility index (Phi) is 6.63. The Bertz CT molecular complexity index is 1290. The molecular formula is C25H24F3N3O3. The van der Waals surface area contributed by atoms with Crippen LogP contribution in [-0.4, -0.2) is 33.5 Å². The number of fused-ring (bicyclic) bond motifs is 1. The minimum Gasteiger partial charge on any atom is -0.478 e. The summed E-state index contributed by atoms with van der Waals surface area (Å²) < 4.78 is 53.3. The summed E-state index contributed by atoms with van der Waals surface area (Å²) in [5.41, 5.74) is 2.39. The first-order valence-electron chi connectivity index (χ1n) is 10.8. The smallest absolute Gasteiger partial charge is 0.416 e. The van der Waals surface area contributed by atoms with Gasteiger partial charge in [-0.1, -0.05) is 30.3 Å². The molecule has 2 aromatic heterocycles. The molecule has 0 unspecified atom stereocenters. The van der Waals surface area contributed by atoms with Crippen molar-refractivity contribution < 1.29 is 27.4 Å². The molecular weight excluding hydrogens is 447 g/mol. The van der Waals surface area contributed by atoms with Crippen LogP contribution in [0.1, 0.15) is 18.2 Å². The Morgan fingerprint density at radius 1 is 1.03 bits per heavy atom. The quantitative estimate of drug-likeness (QED) is 0.330. The van der Waals surface area contributed by atoms with Crippen LogP contribution in [0.15, 0.2) is 60.7 Å². The first-order chi connectivity index (χ1) is 16.2. The third kappa shape index (κ3) is 5.24. The maximum atomic E-state index is 12.8. The van der Waals surface area contributed by atoms with Gasteiger partial charge in [0.25, 0.3) is 0 Å². The third-order valence-corrected chi connectivity index (χ3v) is 5.49. The number of aromatic nitrogens is 3. The van der Waals surface area contributed by atoms with Gasteiger partial charge in [0.05, 0.1) is 29.9 Å². The van der Waals surface area contributed by atoms with E-state index in [4.69, 9.17) is 9.47 Å². The summed E-state index contributed by atoms with van der Waals surface area (Å²) in [6.45, 7) is 2.45. The summed E-state index contributed by atoms with van der Waals surface area (Å²) in [5, 5.41) is 5.45. The van der Waals surface area contributed by atoms with E-state index in [0.717, 1.165) is 28.7 Å². The predicted molar refractivity (Wildman–Crippen MR) is 121 cm³/mol. The Hall–Kier alpha value is -3.75. The standard InChI is InChI=1S/C25H24F3N3O3/c1-17(32)33-14-12-31-23-6-4-3-5-19(23)15-24(31)34-13-11-21-16-22(29-30(21)2)18-7-9-20(10-8-18)25(26,27)28/h3-10,15-16H,11-14H2,1-2H3. The number of carbonyl (C=O) groups is 1. The molecule has 2 aromatic carbocycles. The molecule has 178 valence electrons. The molecule has 2 heterocycles. The Labute approximate surface area is 194 Å². The number of benzene rings is 2. The van der Waals surface area contributed by atoms with Gasteiger partial charge in [-0.3, -0.25) is 9.48 Å². The van der Waals surface area contributed by atoms with Gasteiger partial charge in [0.15, 0.2) is 5.88 Å². The maximum Gasteiger partial charge on any atom is 0.416 e. The van der Waals surface area contributed by atoms with Crippen molar-refractivity contribution in [3.05, 3.63) is 71.9 Å². The number of ether oxygens (including phenoxy) is 2. The second kappa shape index (κ2) is 9.62. The molecule has 0 saturated heterocycles. The second-order valence-electron chi connectivity index (χ2n) is 7.85. The number of rotatable bonds is 8. The first kappa shape index (κ1) is 23.4. The van der Waals surface area contributed by atoms with Gasteiger partial charge in [-0.2, -0.15) is 18.3 Å². The number of para-hydroxylation sites is 1. The fourth-order valence-electron chi connectivity index (χ4n) is 3.79. The Morgan fingerprint density at radius 3 is 2.47 bits per heavy atom. The van der Waals surface area contributed by atoms with Crippen molar-refractivity contribution in [3.8, 4) is 17.1 Å². The molecule has 0 fully saturated rings. The molecule has 0 radical (unpaired) electrons. The monoisotopic (exact) mass is 471 g/mol. The fourth-order valence-corrected chi connectivity index (χ4v) is 3.79. The molecule has 0 amide bonds. The number of nitrogens with zero attached hydrogens (tertiary/aromatic N) is 3. The summed E-state index contributed by atoms with van der Waals surface area (Å²) >= 11 is 0. The van der Waals surface area contributed by atoms with Crippen LogP contribution in [-0.2, 0) is 35.7 Å². The largest absolute Gasteiger partial charge is 0.478 e. The number of alkyl halides is 3. The normalized spacial score (nSPS) is 11.7. The van der Waals surface area contributed by atoms with E-state index in [-0.39, 0.29) is 12.6 Å². The minimum atomic E-state index is -4.37. The zero-order chi connectivity index (χ0) is 24.3. The van der Waals surface area contributed by atoms with Crippen LogP contribution in [0.5, 0.6) is 5.88 Å². The molecule has 0 saturated carbocycles. The molecule has 0 N–H and O–H groups in total. The van der Waals surface area contributed by atoms with E-state index in [1.807, 2.05) is 41.0 Å². The van der Waals surface area contributed by atoms with Gasteiger partial charge in [0.1, 0.15) is 6.61 Å². The molecule has 4 rings (SSSR count). The highest BCUT2D eigenvalue weighted by Gasteiger charge is 2.30. The topological polar surface area (TPSA) is 58.3 Å². The summed E-state index contributed by atoms with van der Waals surface area (Å²) in [7, 11) is 1.79. The average molecular weight is 471 g/mol. The van der Waals surface area contributed by atoms with Gasteiger partial charge in [-0.05, 0) is 24.3 Å². The highest BCUT2D eigenvalue weighted by atomic mass is 19.4. The molecule has 34 heavy (non-hydrogen) atoms. The zero-order valence-electron chi connectivity index (χ0n) is 18.8. The summed E-state index contributed by atoms with van der Waals surface area (Å²) in [6, 6.07) is 16.6. The number of carbonyl (C=O) groups excluding carboxylic acids is 1. The van der Waals surface area contributed by atoms with E-state index >= 15 is 0 Å². The SMILES string of the molecule is CC(=O)OCCn1c(OCCc2cc(-c3ccc(C(F)(F)F)cc3)nn2C)cc2ccccc21. The number of esters is 1. The lowest BCUT2D eigenvalue weighted by Crippen LogP contribution is -2.12. The van der Waals surface area contributed by atoms with Gasteiger partial charge in [0, 0.05) is 43.1 Å². The van der Waals surface area contributed by atoms with E-state index < -0.39 is 11.7 Å². The van der Waals surface area contributed by atoms with Crippen molar-refractivity contribution in [2.45, 2.75) is 26.1 Å². The zero-order valence-corrected chi connectivity index (χ0v) is 18.8. The van der Waals surface area contributed by atoms with E-state index in [1.54, 1.807) is 11.7 Å². The third-order valence-electron chi connectivity index (χ3n) is 5.49. The predicted octanol–water partition coefficient (Wildman–Crippen LogP) is 5.25. The number of aryl methyl sites for hydroxylation is 1. The van der Waals surface area contributed by atoms with Gasteiger partial charge >= 0.3 is 12.1 Å². The maximum absolute atomic E-state index is 12.8. The van der Waals surface area contributed by atoms with Crippen molar-refractivity contribution in [1.29, 1.82) is 0 Å². The van der Waals surface area contributed by atoms with Gasteiger partial charge in [-0.25, -0.2) is 0 Å². The highest BCUT2D eigenvalue weighted by Crippen LogP contribution is 2.31. The lowest BCUT2D eigenvalue weighted by Gasteiger charge is -2.12. The van der Waals surface area contributed by atoms with Crippen LogP contribution in [0.3, 0.4) is 0 Å². The lowest BCUT2D eigenvalue weighted by atomic mass is 10.1. The summed E-state index contributed by atoms with van der Waals surface area (Å²) in [4.78, 5) is 11.1. The molecule has 4 aromatic rings. The van der Waals surface area contributed by atoms with Crippen LogP contribution in [0, 0.1) is 0 Å². The van der Waals surface area contributed by atoms with Gasteiger partial charge < -0.3 is 14.0 Å². The van der Waals surface area contributed by atoms with Gasteiger partial charge in [0.2, 0.25) is 0 Å². The molecule has 0 aliphatic heterocycles. The minimum absolute atomic E-state index is 0.239. The van der Waals surface area contributed by atoms with Crippen molar-refractivity contribution in [2.75, 3.05) is 13.2 Å². The van der Waals surface area contributed by atoms with Crippen LogP contribution in [0.25, 0.3) is 22.2 Å². The van der Waals surface area contributed by atoms with Crippen LogP contribution in [0.2, 0.25) is 0 Å². The molecule has 6 nitrogen and oxygen atoms in total. The van der Waals surface area contributed by atoms with E-state index in [9.17, 15) is 18.0 Å². The molecule has 0 spiro atoms. The number of halogens is 3. The number of hydrogen-bond donors (Lipinski definition) is 0. The Morgan fingerprint density at radius 2 is 1.76 bits per heavy atom. The average Bonchev–Trinajstić information content (AvgIpc) is 3.33. The second-order valence-corrected chi connectivity index (χ2v) is 7.85. The summed E-state index contributed by atoms with van der Waals surface area (Å²) in [5.74, 6) is 0.331. The molecule has 0 atom stereocenters. The lowest BCUT2D eigenvalue weighted by molar-refractivity contribution is -0.141. The molecule has 0 aliphatic rings. The van der Waals surface area contributed by atoms with E-state index in [2.05, 4.69) is 5.10 Å². The van der Waals surface area contributed by atoms with Crippen molar-refractivity contribution in [1.82, 2.24) is 14.3 Å². The van der Waals surface area contributed by atoms with Crippen LogP contribution < -0.4 is 4.74 Å². The first-order valence-corrected chi connectivity index (χ1v) is 10.8. The van der Waals surface area contributed by atoms with E-state index in [1.165, 1.54) is 19.1 Å². The van der Waals surface area contributed by atoms with Crippen molar-refractivity contribution >= 4 is 16.9 Å². The fraction of sp³-hybridized carbons (Fsp3) is 0.280. The van der Waals surface area contributed by atoms with Crippen LogP contribution >= 0.6 is 0 Å². The summed E-state index contributed by atoms with van der Waals surface area (Å²) in [6.07, 6.45) is -3.82. The van der Waals surface area contributed by atoms with Crippen molar-refractivity contribution in [2.24, 2.45) is 7.05 Å². The van der Waals surface area contributed by atoms with Crippen molar-refractivity contribution in [3.63, 3.8) is 0 Å². The Balaban J connectivity index is 1.45. The number of hydrogen-bond acceptors (Lipinski definition) is 4. The van der Waals surface area contributed by atoms with Crippen LogP contribution in [0.4, 0.5) is 13.2 Å². The molecule has 9 heteroatoms. The van der Waals surface area contributed by atoms with E-state index in [0.29, 0.717) is 36.7 Å². The highest BCUT2D eigenvalue weighted by molar-refractivity contribution is 5.82. The van der Waals surface area contributed by atoms with Gasteiger partial charge in [-0.15, -0.1) is 0 Å². The molecule has 0 bridgehead atoms.